The lowest BCUT2D eigenvalue weighted by Crippen LogP contribution is -2.40. The lowest BCUT2D eigenvalue weighted by Gasteiger charge is -2.33. The summed E-state index contributed by atoms with van der Waals surface area (Å²) in [6.45, 7) is 1.37. The van der Waals surface area contributed by atoms with E-state index in [0.717, 1.165) is 53.2 Å². The van der Waals surface area contributed by atoms with Crippen LogP contribution in [0.2, 0.25) is 0 Å². The normalized spacial score (nSPS) is 20.1. The number of amides is 1. The number of likely N-dealkylation sites (tertiary alicyclic amines) is 1. The summed E-state index contributed by atoms with van der Waals surface area (Å²) in [5, 5.41) is 17.7. The molecule has 0 radical (unpaired) electrons. The van der Waals surface area contributed by atoms with Gasteiger partial charge in [0.1, 0.15) is 5.82 Å². The van der Waals surface area contributed by atoms with Gasteiger partial charge in [-0.15, -0.1) is 10.2 Å². The van der Waals surface area contributed by atoms with Crippen LogP contribution in [-0.4, -0.2) is 48.5 Å². The van der Waals surface area contributed by atoms with Crippen LogP contribution in [0.1, 0.15) is 37.4 Å². The van der Waals surface area contributed by atoms with Crippen molar-refractivity contribution in [2.24, 2.45) is 0 Å². The first-order chi connectivity index (χ1) is 13.7. The Labute approximate surface area is 161 Å². The molecule has 0 saturated carbocycles. The van der Waals surface area contributed by atoms with Gasteiger partial charge in [0.25, 0.3) is 0 Å². The summed E-state index contributed by atoms with van der Waals surface area (Å²) < 4.78 is 2.04. The molecule has 8 nitrogen and oxygen atoms in total. The van der Waals surface area contributed by atoms with Gasteiger partial charge in [0.05, 0.1) is 17.8 Å². The quantitative estimate of drug-likeness (QED) is 0.743. The summed E-state index contributed by atoms with van der Waals surface area (Å²) in [6.07, 6.45) is 10.3. The van der Waals surface area contributed by atoms with Gasteiger partial charge in [-0.2, -0.15) is 5.26 Å². The van der Waals surface area contributed by atoms with Gasteiger partial charge in [0.2, 0.25) is 5.91 Å². The molecule has 1 fully saturated rings. The molecule has 0 bridgehead atoms. The Bertz CT molecular complexity index is 1180. The zero-order valence-corrected chi connectivity index (χ0v) is 15.3. The molecule has 1 atom stereocenters. The van der Waals surface area contributed by atoms with Crippen molar-refractivity contribution in [3.63, 3.8) is 0 Å². The van der Waals surface area contributed by atoms with Crippen molar-refractivity contribution in [2.75, 3.05) is 13.1 Å². The van der Waals surface area contributed by atoms with E-state index in [9.17, 15) is 4.79 Å². The van der Waals surface area contributed by atoms with Crippen LogP contribution < -0.4 is 0 Å². The molecule has 5 rings (SSSR count). The van der Waals surface area contributed by atoms with E-state index in [-0.39, 0.29) is 11.8 Å². The van der Waals surface area contributed by atoms with E-state index in [1.165, 1.54) is 0 Å². The van der Waals surface area contributed by atoms with E-state index < -0.39 is 0 Å². The van der Waals surface area contributed by atoms with E-state index in [2.05, 4.69) is 26.2 Å². The average Bonchev–Trinajstić information content (AvgIpc) is 3.39. The van der Waals surface area contributed by atoms with Gasteiger partial charge < -0.3 is 9.88 Å². The Morgan fingerprint density at radius 3 is 3.04 bits per heavy atom. The Morgan fingerprint density at radius 1 is 1.29 bits per heavy atom. The second-order valence-corrected chi connectivity index (χ2v) is 7.31. The number of H-pyrrole nitrogens is 1. The largest absolute Gasteiger partial charge is 0.345 e. The molecular formula is C20H19N7O. The molecule has 28 heavy (non-hydrogen) atoms. The molecular weight excluding hydrogens is 354 g/mol. The second-order valence-electron chi connectivity index (χ2n) is 7.31. The van der Waals surface area contributed by atoms with Crippen LogP contribution in [0.4, 0.5) is 0 Å². The summed E-state index contributed by atoms with van der Waals surface area (Å²) in [7, 11) is 0. The summed E-state index contributed by atoms with van der Waals surface area (Å²) in [5.74, 6) is 1.08. The predicted molar refractivity (Wildman–Crippen MR) is 102 cm³/mol. The van der Waals surface area contributed by atoms with E-state index in [1.54, 1.807) is 18.3 Å². The number of nitriles is 1. The molecule has 0 spiro atoms. The third-order valence-electron chi connectivity index (χ3n) is 5.61. The summed E-state index contributed by atoms with van der Waals surface area (Å²) in [5.41, 5.74) is 3.97. The molecule has 140 valence electrons. The van der Waals surface area contributed by atoms with E-state index in [4.69, 9.17) is 5.26 Å². The highest BCUT2D eigenvalue weighted by Crippen LogP contribution is 2.29. The van der Waals surface area contributed by atoms with E-state index >= 15 is 0 Å². The van der Waals surface area contributed by atoms with Gasteiger partial charge in [0, 0.05) is 36.4 Å². The molecule has 3 aromatic rings. The Morgan fingerprint density at radius 2 is 2.21 bits per heavy atom. The smallest absolute Gasteiger partial charge is 0.249 e. The zero-order chi connectivity index (χ0) is 19.1. The zero-order valence-electron chi connectivity index (χ0n) is 15.3. The van der Waals surface area contributed by atoms with Gasteiger partial charge in [-0.05, 0) is 37.8 Å². The lowest BCUT2D eigenvalue weighted by molar-refractivity contribution is -0.128. The first kappa shape index (κ1) is 16.7. The summed E-state index contributed by atoms with van der Waals surface area (Å²) in [4.78, 5) is 22.4. The fourth-order valence-corrected chi connectivity index (χ4v) is 4.15. The molecule has 3 aromatic heterocycles. The van der Waals surface area contributed by atoms with E-state index in [1.807, 2.05) is 21.6 Å². The molecule has 2 aliphatic rings. The summed E-state index contributed by atoms with van der Waals surface area (Å²) in [6, 6.07) is 4.14. The van der Waals surface area contributed by atoms with Crippen LogP contribution in [0.25, 0.3) is 16.8 Å². The van der Waals surface area contributed by atoms with Gasteiger partial charge in [-0.3, -0.25) is 9.20 Å². The second kappa shape index (κ2) is 6.60. The molecule has 4 heterocycles. The SMILES string of the molecule is N#CC1=CC=C(C(=O)N2CCC[C@@H](c3nnc4cnc5[nH]ccc5n34)C2)CC1. The highest BCUT2D eigenvalue weighted by Gasteiger charge is 2.30. The molecule has 0 unspecified atom stereocenters. The van der Waals surface area contributed by atoms with Crippen LogP contribution in [-0.2, 0) is 4.79 Å². The maximum absolute atomic E-state index is 13.0. The maximum atomic E-state index is 13.0. The van der Waals surface area contributed by atoms with Gasteiger partial charge >= 0.3 is 0 Å². The molecule has 1 N–H and O–H groups in total. The first-order valence-electron chi connectivity index (χ1n) is 9.51. The number of allylic oxidation sites excluding steroid dienone is 3. The molecule has 1 aliphatic carbocycles. The first-order valence-corrected chi connectivity index (χ1v) is 9.51. The Balaban J connectivity index is 1.44. The van der Waals surface area contributed by atoms with E-state index in [0.29, 0.717) is 19.4 Å². The number of hydrogen-bond acceptors (Lipinski definition) is 5. The maximum Gasteiger partial charge on any atom is 0.249 e. The van der Waals surface area contributed by atoms with Crippen molar-refractivity contribution in [3.05, 3.63) is 47.6 Å². The van der Waals surface area contributed by atoms with Crippen LogP contribution in [0.5, 0.6) is 0 Å². The van der Waals surface area contributed by atoms with Crippen molar-refractivity contribution < 1.29 is 4.79 Å². The van der Waals surface area contributed by atoms with Crippen LogP contribution in [0.3, 0.4) is 0 Å². The van der Waals surface area contributed by atoms with Gasteiger partial charge in [-0.1, -0.05) is 6.08 Å². The van der Waals surface area contributed by atoms with Gasteiger partial charge in [0.15, 0.2) is 11.3 Å². The standard InChI is InChI=1S/C20H19N7O/c21-10-13-3-5-14(6-4-13)20(28)26-9-1-2-15(12-26)19-25-24-17-11-23-18-16(27(17)19)7-8-22-18/h3,5,7-8,11,15,22H,1-2,4,6,9,12H2/t15-/m1/s1. The van der Waals surface area contributed by atoms with Crippen LogP contribution in [0.15, 0.2) is 41.8 Å². The Hall–Kier alpha value is -3.47. The number of rotatable bonds is 2. The van der Waals surface area contributed by atoms with Crippen LogP contribution in [0, 0.1) is 11.3 Å². The minimum Gasteiger partial charge on any atom is -0.345 e. The number of piperidine rings is 1. The topological polar surface area (TPSA) is 103 Å². The molecule has 8 heteroatoms. The highest BCUT2D eigenvalue weighted by molar-refractivity contribution is 5.94. The van der Waals surface area contributed by atoms with Gasteiger partial charge in [-0.25, -0.2) is 4.98 Å². The Kier molecular flexibility index (Phi) is 3.93. The van der Waals surface area contributed by atoms with Crippen molar-refractivity contribution >= 4 is 22.7 Å². The number of fused-ring (bicyclic) bond motifs is 3. The number of nitrogens with one attached hydrogen (secondary N) is 1. The van der Waals surface area contributed by atoms with Crippen LogP contribution >= 0.6 is 0 Å². The number of carbonyl (C=O) groups excluding carboxylic acids is 1. The molecule has 1 aliphatic heterocycles. The third kappa shape index (κ3) is 2.67. The molecule has 0 aromatic carbocycles. The summed E-state index contributed by atoms with van der Waals surface area (Å²) >= 11 is 0. The number of aromatic nitrogens is 5. The minimum absolute atomic E-state index is 0.0696. The molecule has 1 saturated heterocycles. The third-order valence-corrected chi connectivity index (χ3v) is 5.61. The highest BCUT2D eigenvalue weighted by atomic mass is 16.2. The number of hydrogen-bond donors (Lipinski definition) is 1. The number of aromatic amines is 1. The van der Waals surface area contributed by atoms with Crippen molar-refractivity contribution in [3.8, 4) is 6.07 Å². The van der Waals surface area contributed by atoms with Crippen molar-refractivity contribution in [1.29, 1.82) is 5.26 Å². The fraction of sp³-hybridized carbons (Fsp3) is 0.350. The predicted octanol–water partition coefficient (Wildman–Crippen LogP) is 2.48. The lowest BCUT2D eigenvalue weighted by atomic mass is 9.94. The average molecular weight is 373 g/mol. The monoisotopic (exact) mass is 373 g/mol. The van der Waals surface area contributed by atoms with Crippen molar-refractivity contribution in [1.82, 2.24) is 29.5 Å². The minimum atomic E-state index is 0.0696. The molecule has 1 amide bonds. The number of nitrogens with zero attached hydrogens (tertiary/aromatic N) is 6. The fourth-order valence-electron chi connectivity index (χ4n) is 4.15. The van der Waals surface area contributed by atoms with Crippen molar-refractivity contribution in [2.45, 2.75) is 31.6 Å². The number of carbonyl (C=O) groups is 1.